The molecule has 1 N–H and O–H groups in total. The number of nitrogens with zero attached hydrogens (tertiary/aromatic N) is 2. The quantitative estimate of drug-likeness (QED) is 0.268. The van der Waals surface area contributed by atoms with E-state index in [-0.39, 0.29) is 35.8 Å². The number of alkyl halides is 1. The summed E-state index contributed by atoms with van der Waals surface area (Å²) in [7, 11) is 0. The van der Waals surface area contributed by atoms with Gasteiger partial charge in [-0.25, -0.2) is 0 Å². The largest absolute Gasteiger partial charge is 0.461 e. The van der Waals surface area contributed by atoms with Gasteiger partial charge in [0.15, 0.2) is 0 Å². The lowest BCUT2D eigenvalue weighted by Gasteiger charge is -2.40. The number of aliphatic hydroxyl groups is 1. The molecule has 2 amide bonds. The normalized spacial score (nSPS) is 31.3. The molecule has 194 valence electrons. The molecule has 4 rings (SSSR count). The topological polar surface area (TPSA) is 96.4 Å². The fraction of sp³-hybridized carbons (Fsp3) is 0.519. The summed E-state index contributed by atoms with van der Waals surface area (Å²) in [4.78, 5) is 44.5. The minimum Gasteiger partial charge on any atom is -0.461 e. The van der Waals surface area contributed by atoms with E-state index in [1.807, 2.05) is 44.2 Å². The first kappa shape index (κ1) is 26.6. The van der Waals surface area contributed by atoms with E-state index in [4.69, 9.17) is 9.47 Å². The van der Waals surface area contributed by atoms with E-state index in [1.54, 1.807) is 11.0 Å². The molecule has 1 aromatic rings. The second-order valence-electron chi connectivity index (χ2n) is 9.81. The Labute approximate surface area is 220 Å². The Hall–Kier alpha value is -2.49. The van der Waals surface area contributed by atoms with Gasteiger partial charge in [0.05, 0.1) is 30.6 Å². The van der Waals surface area contributed by atoms with E-state index < -0.39 is 48.2 Å². The van der Waals surface area contributed by atoms with Crippen LogP contribution in [0.1, 0.15) is 31.9 Å². The fourth-order valence-corrected chi connectivity index (χ4v) is 7.01. The predicted molar refractivity (Wildman–Crippen MR) is 137 cm³/mol. The molecule has 2 bridgehead atoms. The molecule has 3 heterocycles. The molecule has 0 radical (unpaired) electrons. The molecule has 7 atom stereocenters. The van der Waals surface area contributed by atoms with Crippen molar-refractivity contribution in [2.24, 2.45) is 11.8 Å². The molecule has 0 aromatic heterocycles. The van der Waals surface area contributed by atoms with E-state index in [0.717, 1.165) is 0 Å². The number of esters is 1. The number of aliphatic hydroxyl groups excluding tert-OH is 1. The maximum absolute atomic E-state index is 14.2. The Kier molecular flexibility index (Phi) is 7.73. The van der Waals surface area contributed by atoms with Crippen molar-refractivity contribution in [2.45, 2.75) is 54.9 Å². The van der Waals surface area contributed by atoms with Crippen molar-refractivity contribution in [3.8, 4) is 0 Å². The Morgan fingerprint density at radius 3 is 2.58 bits per heavy atom. The smallest absolute Gasteiger partial charge is 0.312 e. The first-order valence-electron chi connectivity index (χ1n) is 12.2. The van der Waals surface area contributed by atoms with Crippen LogP contribution in [0.15, 0.2) is 55.6 Å². The number of rotatable bonds is 10. The summed E-state index contributed by atoms with van der Waals surface area (Å²) in [5.41, 5.74) is -0.542. The van der Waals surface area contributed by atoms with E-state index in [9.17, 15) is 19.5 Å². The molecule has 3 fully saturated rings. The van der Waals surface area contributed by atoms with Crippen LogP contribution in [0, 0.1) is 11.8 Å². The van der Waals surface area contributed by atoms with Crippen molar-refractivity contribution in [3.05, 3.63) is 61.2 Å². The molecule has 0 aliphatic carbocycles. The summed E-state index contributed by atoms with van der Waals surface area (Å²) in [6, 6.07) is 7.12. The number of amides is 2. The number of benzene rings is 1. The molecule has 1 aromatic carbocycles. The second-order valence-corrected chi connectivity index (χ2v) is 11.0. The third-order valence-corrected chi connectivity index (χ3v) is 8.35. The molecule has 9 heteroatoms. The lowest BCUT2D eigenvalue weighted by Crippen LogP contribution is -2.58. The van der Waals surface area contributed by atoms with Crippen molar-refractivity contribution in [2.75, 3.05) is 19.8 Å². The Bertz CT molecular complexity index is 1030. The van der Waals surface area contributed by atoms with Crippen LogP contribution in [0.5, 0.6) is 0 Å². The molecule has 3 aliphatic rings. The van der Waals surface area contributed by atoms with Crippen LogP contribution in [0.2, 0.25) is 0 Å². The van der Waals surface area contributed by atoms with Gasteiger partial charge in [-0.15, -0.1) is 6.58 Å². The number of fused-ring (bicyclic) bond motifs is 1. The number of carbonyl (C=O) groups is 3. The SMILES string of the molecule is C=CCOC(=O)[C@H]1[C@@H]2OC3(CC2Br)C(C(=O)N(CC=C)C(C)C)N([C@H](CO)c2ccccc2)C(=O)[C@H]13. The van der Waals surface area contributed by atoms with Crippen molar-refractivity contribution in [1.29, 1.82) is 0 Å². The first-order valence-corrected chi connectivity index (χ1v) is 13.1. The molecule has 36 heavy (non-hydrogen) atoms. The number of hydrogen-bond donors (Lipinski definition) is 1. The highest BCUT2D eigenvalue weighted by atomic mass is 79.9. The zero-order valence-corrected chi connectivity index (χ0v) is 22.2. The van der Waals surface area contributed by atoms with Gasteiger partial charge in [0, 0.05) is 17.4 Å². The standard InChI is InChI=1S/C27H33BrN2O6/c1-5-12-29(16(3)4)25(33)23-27-14-18(28)22(36-27)20(26(34)35-13-6-2)21(27)24(32)30(23)19(15-31)17-10-8-7-9-11-17/h5-11,16,18-23,31H,1-2,12-15H2,3-4H3/t18?,19-,20-,21+,22-,23?,27?/m1/s1. The highest BCUT2D eigenvalue weighted by molar-refractivity contribution is 9.09. The second kappa shape index (κ2) is 10.5. The van der Waals surface area contributed by atoms with E-state index in [2.05, 4.69) is 29.1 Å². The molecule has 3 aliphatic heterocycles. The van der Waals surface area contributed by atoms with Crippen LogP contribution < -0.4 is 0 Å². The molecule has 8 nitrogen and oxygen atoms in total. The Morgan fingerprint density at radius 1 is 1.31 bits per heavy atom. The number of carbonyl (C=O) groups excluding carboxylic acids is 3. The average Bonchev–Trinajstić information content (AvgIpc) is 3.45. The van der Waals surface area contributed by atoms with Crippen molar-refractivity contribution >= 4 is 33.7 Å². The summed E-state index contributed by atoms with van der Waals surface area (Å²) >= 11 is 3.64. The van der Waals surface area contributed by atoms with Crippen molar-refractivity contribution in [1.82, 2.24) is 9.80 Å². The van der Waals surface area contributed by atoms with Crippen LogP contribution >= 0.6 is 15.9 Å². The summed E-state index contributed by atoms with van der Waals surface area (Å²) in [5, 5.41) is 10.5. The summed E-state index contributed by atoms with van der Waals surface area (Å²) in [6.45, 7) is 11.1. The van der Waals surface area contributed by atoms with Crippen molar-refractivity contribution < 1.29 is 29.0 Å². The first-order chi connectivity index (χ1) is 17.2. The number of halogens is 1. The highest BCUT2D eigenvalue weighted by Crippen LogP contribution is 2.61. The van der Waals surface area contributed by atoms with Gasteiger partial charge in [-0.05, 0) is 25.8 Å². The van der Waals surface area contributed by atoms with Crippen LogP contribution in [0.3, 0.4) is 0 Å². The maximum Gasteiger partial charge on any atom is 0.312 e. The van der Waals surface area contributed by atoms with E-state index in [1.165, 1.54) is 11.0 Å². The third kappa shape index (κ3) is 4.11. The zero-order chi connectivity index (χ0) is 26.2. The number of hydrogen-bond acceptors (Lipinski definition) is 6. The lowest BCUT2D eigenvalue weighted by atomic mass is 9.70. The van der Waals surface area contributed by atoms with Gasteiger partial charge >= 0.3 is 5.97 Å². The van der Waals surface area contributed by atoms with Gasteiger partial charge in [-0.3, -0.25) is 14.4 Å². The number of likely N-dealkylation sites (tertiary alicyclic amines) is 1. The monoisotopic (exact) mass is 560 g/mol. The average molecular weight is 561 g/mol. The molecular weight excluding hydrogens is 528 g/mol. The molecule has 3 unspecified atom stereocenters. The number of ether oxygens (including phenoxy) is 2. The van der Waals surface area contributed by atoms with Gasteiger partial charge in [-0.2, -0.15) is 0 Å². The molecular formula is C27H33BrN2O6. The van der Waals surface area contributed by atoms with Crippen LogP contribution in [-0.4, -0.2) is 81.1 Å². The van der Waals surface area contributed by atoms with Crippen LogP contribution in [-0.2, 0) is 23.9 Å². The summed E-state index contributed by atoms with van der Waals surface area (Å²) in [6.07, 6.45) is 2.88. The Balaban J connectivity index is 1.85. The predicted octanol–water partition coefficient (Wildman–Crippen LogP) is 2.62. The van der Waals surface area contributed by atoms with Gasteiger partial charge in [0.2, 0.25) is 11.8 Å². The highest BCUT2D eigenvalue weighted by Gasteiger charge is 2.77. The summed E-state index contributed by atoms with van der Waals surface area (Å²) < 4.78 is 11.9. The van der Waals surface area contributed by atoms with Gasteiger partial charge in [0.1, 0.15) is 18.2 Å². The maximum atomic E-state index is 14.2. The molecule has 3 saturated heterocycles. The molecule has 0 saturated carbocycles. The Morgan fingerprint density at radius 2 is 2.00 bits per heavy atom. The summed E-state index contributed by atoms with van der Waals surface area (Å²) in [5.74, 6) is -3.02. The lowest BCUT2D eigenvalue weighted by molar-refractivity contribution is -0.156. The van der Waals surface area contributed by atoms with Gasteiger partial charge in [0.25, 0.3) is 0 Å². The van der Waals surface area contributed by atoms with Crippen LogP contribution in [0.25, 0.3) is 0 Å². The van der Waals surface area contributed by atoms with Crippen LogP contribution in [0.4, 0.5) is 0 Å². The zero-order valence-electron chi connectivity index (χ0n) is 20.6. The van der Waals surface area contributed by atoms with Gasteiger partial charge < -0.3 is 24.4 Å². The minimum absolute atomic E-state index is 0.0126. The van der Waals surface area contributed by atoms with E-state index in [0.29, 0.717) is 12.0 Å². The fourth-order valence-electron chi connectivity index (χ4n) is 6.07. The van der Waals surface area contributed by atoms with Gasteiger partial charge in [-0.1, -0.05) is 65.0 Å². The minimum atomic E-state index is -1.23. The molecule has 1 spiro atoms. The third-order valence-electron chi connectivity index (χ3n) is 7.50. The van der Waals surface area contributed by atoms with Crippen molar-refractivity contribution in [3.63, 3.8) is 0 Å². The van der Waals surface area contributed by atoms with E-state index >= 15 is 0 Å².